The van der Waals surface area contributed by atoms with Crippen LogP contribution in [0.2, 0.25) is 5.02 Å². The monoisotopic (exact) mass is 521 g/mol. The van der Waals surface area contributed by atoms with Gasteiger partial charge in [-0.2, -0.15) is 0 Å². The Balaban J connectivity index is 1.54. The van der Waals surface area contributed by atoms with Crippen molar-refractivity contribution in [2.24, 2.45) is 0 Å². The number of benzene rings is 1. The Hall–Kier alpha value is -3.66. The lowest BCUT2D eigenvalue weighted by Gasteiger charge is -2.29. The van der Waals surface area contributed by atoms with E-state index in [4.69, 9.17) is 33.0 Å². The predicted molar refractivity (Wildman–Crippen MR) is 142 cm³/mol. The average Bonchev–Trinajstić information content (AvgIpc) is 3.62. The third-order valence-corrected chi connectivity index (χ3v) is 6.58. The highest BCUT2D eigenvalue weighted by Gasteiger charge is 2.42. The highest BCUT2D eigenvalue weighted by Crippen LogP contribution is 2.43. The van der Waals surface area contributed by atoms with Crippen molar-refractivity contribution >= 4 is 46.2 Å². The van der Waals surface area contributed by atoms with Gasteiger partial charge in [0.15, 0.2) is 5.11 Å². The lowest BCUT2D eigenvalue weighted by atomic mass is 10.0. The molecule has 184 valence electrons. The lowest BCUT2D eigenvalue weighted by molar-refractivity contribution is -0.119. The van der Waals surface area contributed by atoms with Crippen molar-refractivity contribution in [3.63, 3.8) is 0 Å². The number of nitrogens with zero attached hydrogens (tertiary/aromatic N) is 3. The fourth-order valence-corrected chi connectivity index (χ4v) is 4.98. The molecule has 3 aromatic heterocycles. The van der Waals surface area contributed by atoms with Crippen LogP contribution in [0.15, 0.2) is 83.7 Å². The molecule has 0 saturated carbocycles. The molecule has 4 heterocycles. The second-order valence-corrected chi connectivity index (χ2v) is 9.08. The van der Waals surface area contributed by atoms with Crippen LogP contribution in [-0.2, 0) is 16.1 Å². The molecule has 1 amide bonds. The van der Waals surface area contributed by atoms with E-state index in [1.54, 1.807) is 24.6 Å². The molecule has 5 rings (SSSR count). The number of hydrogen-bond acceptors (Lipinski definition) is 5. The maximum atomic E-state index is 12.0. The molecule has 4 aromatic rings. The van der Waals surface area contributed by atoms with Gasteiger partial charge in [-0.25, -0.2) is 0 Å². The summed E-state index contributed by atoms with van der Waals surface area (Å²) in [6.07, 6.45) is 5.47. The Bertz CT molecular complexity index is 1360. The third kappa shape index (κ3) is 4.86. The van der Waals surface area contributed by atoms with Crippen molar-refractivity contribution < 1.29 is 13.9 Å². The molecule has 1 saturated heterocycles. The number of halogens is 1. The molecule has 1 aromatic carbocycles. The molecule has 0 aliphatic carbocycles. The average molecular weight is 522 g/mol. The SMILES string of the molecule is COCC(=O)Nc1ccc(N2C(=S)N[C@H](c3ccccn3)[C@@H]2c2cccn2Cc2ccco2)cc1Cl. The number of thiocarbonyl (C=S) groups is 1. The summed E-state index contributed by atoms with van der Waals surface area (Å²) in [6, 6.07) is 18.8. The van der Waals surface area contributed by atoms with Gasteiger partial charge in [0.25, 0.3) is 0 Å². The minimum atomic E-state index is -0.283. The summed E-state index contributed by atoms with van der Waals surface area (Å²) in [7, 11) is 1.46. The van der Waals surface area contributed by atoms with Crippen LogP contribution in [0, 0.1) is 0 Å². The number of furan rings is 1. The van der Waals surface area contributed by atoms with Crippen LogP contribution in [0.5, 0.6) is 0 Å². The molecule has 1 fully saturated rings. The van der Waals surface area contributed by atoms with Gasteiger partial charge in [-0.15, -0.1) is 0 Å². The van der Waals surface area contributed by atoms with Gasteiger partial charge in [0.2, 0.25) is 5.91 Å². The summed E-state index contributed by atoms with van der Waals surface area (Å²) in [6.45, 7) is 0.519. The number of carbonyl (C=O) groups excluding carboxylic acids is 1. The molecule has 10 heteroatoms. The van der Waals surface area contributed by atoms with Crippen LogP contribution < -0.4 is 15.5 Å². The molecule has 2 atom stereocenters. The Kier molecular flexibility index (Phi) is 7.04. The van der Waals surface area contributed by atoms with Crippen molar-refractivity contribution in [2.45, 2.75) is 18.6 Å². The first-order chi connectivity index (χ1) is 17.5. The Morgan fingerprint density at radius 1 is 1.22 bits per heavy atom. The zero-order valence-corrected chi connectivity index (χ0v) is 21.0. The van der Waals surface area contributed by atoms with E-state index in [9.17, 15) is 4.79 Å². The molecule has 36 heavy (non-hydrogen) atoms. The highest BCUT2D eigenvalue weighted by molar-refractivity contribution is 7.80. The van der Waals surface area contributed by atoms with Crippen molar-refractivity contribution in [1.82, 2.24) is 14.9 Å². The molecule has 2 N–H and O–H groups in total. The first-order valence-corrected chi connectivity index (χ1v) is 12.1. The Morgan fingerprint density at radius 3 is 2.83 bits per heavy atom. The van der Waals surface area contributed by atoms with Crippen molar-refractivity contribution in [1.29, 1.82) is 0 Å². The summed E-state index contributed by atoms with van der Waals surface area (Å²) in [4.78, 5) is 18.6. The summed E-state index contributed by atoms with van der Waals surface area (Å²) < 4.78 is 12.6. The van der Waals surface area contributed by atoms with E-state index in [-0.39, 0.29) is 24.6 Å². The maximum absolute atomic E-state index is 12.0. The topological polar surface area (TPSA) is 84.6 Å². The molecular weight excluding hydrogens is 498 g/mol. The minimum Gasteiger partial charge on any atom is -0.467 e. The van der Waals surface area contributed by atoms with Gasteiger partial charge < -0.3 is 29.3 Å². The van der Waals surface area contributed by atoms with Gasteiger partial charge >= 0.3 is 0 Å². The maximum Gasteiger partial charge on any atom is 0.250 e. The number of nitrogens with one attached hydrogen (secondary N) is 2. The number of carbonyl (C=O) groups is 1. The summed E-state index contributed by atoms with van der Waals surface area (Å²) in [5.41, 5.74) is 3.19. The van der Waals surface area contributed by atoms with Crippen LogP contribution in [0.3, 0.4) is 0 Å². The van der Waals surface area contributed by atoms with Gasteiger partial charge in [-0.05, 0) is 66.8 Å². The number of rotatable bonds is 8. The van der Waals surface area contributed by atoms with E-state index < -0.39 is 0 Å². The number of pyridine rings is 1. The van der Waals surface area contributed by atoms with Crippen LogP contribution in [0.4, 0.5) is 11.4 Å². The van der Waals surface area contributed by atoms with Crippen LogP contribution in [0.25, 0.3) is 0 Å². The zero-order chi connectivity index (χ0) is 25.1. The number of anilines is 2. The van der Waals surface area contributed by atoms with Crippen LogP contribution >= 0.6 is 23.8 Å². The molecule has 8 nitrogen and oxygen atoms in total. The van der Waals surface area contributed by atoms with E-state index in [0.29, 0.717) is 22.4 Å². The molecule has 0 spiro atoms. The molecule has 1 aliphatic rings. The van der Waals surface area contributed by atoms with Gasteiger partial charge in [0.05, 0.1) is 35.3 Å². The standard InChI is InChI=1S/C26H24ClN5O3S/c1-34-16-23(33)29-20-10-9-17(14-19(20)27)32-25(24(30-26(32)36)21-7-2-3-11-28-21)22-8-4-12-31(22)15-18-6-5-13-35-18/h2-14,24-25H,15-16H2,1H3,(H,29,33)(H,30,36)/t24-,25+/m1/s1. The number of hydrogen-bond donors (Lipinski definition) is 2. The first kappa shape index (κ1) is 24.1. The number of amides is 1. The quantitative estimate of drug-likeness (QED) is 0.318. The van der Waals surface area contributed by atoms with Crippen molar-refractivity contribution in [2.75, 3.05) is 23.9 Å². The second kappa shape index (κ2) is 10.5. The van der Waals surface area contributed by atoms with E-state index >= 15 is 0 Å². The van der Waals surface area contributed by atoms with E-state index in [2.05, 4.69) is 26.3 Å². The van der Waals surface area contributed by atoms with Crippen LogP contribution in [0.1, 0.15) is 29.2 Å². The van der Waals surface area contributed by atoms with Crippen molar-refractivity contribution in [3.8, 4) is 0 Å². The molecule has 0 unspecified atom stereocenters. The Morgan fingerprint density at radius 2 is 2.11 bits per heavy atom. The third-order valence-electron chi connectivity index (χ3n) is 5.95. The van der Waals surface area contributed by atoms with E-state index in [1.807, 2.05) is 53.6 Å². The molecule has 0 radical (unpaired) electrons. The number of ether oxygens (including phenoxy) is 1. The fourth-order valence-electron chi connectivity index (χ4n) is 4.42. The van der Waals surface area contributed by atoms with Gasteiger partial charge in [-0.1, -0.05) is 17.7 Å². The summed E-state index contributed by atoms with van der Waals surface area (Å²) in [5.74, 6) is 0.565. The molecular formula is C26H24ClN5O3S. The van der Waals surface area contributed by atoms with Gasteiger partial charge in [-0.3, -0.25) is 9.78 Å². The van der Waals surface area contributed by atoms with E-state index in [1.165, 1.54) is 7.11 Å². The predicted octanol–water partition coefficient (Wildman–Crippen LogP) is 4.94. The Labute approximate surface area is 218 Å². The molecule has 0 bridgehead atoms. The lowest BCUT2D eigenvalue weighted by Crippen LogP contribution is -2.30. The fraction of sp³-hybridized carbons (Fsp3) is 0.192. The molecule has 1 aliphatic heterocycles. The van der Waals surface area contributed by atoms with Gasteiger partial charge in [0, 0.05) is 30.9 Å². The summed E-state index contributed by atoms with van der Waals surface area (Å²) in [5, 5.41) is 7.16. The number of methoxy groups -OCH3 is 1. The van der Waals surface area contributed by atoms with Crippen molar-refractivity contribution in [3.05, 3.63) is 101 Å². The first-order valence-electron chi connectivity index (χ1n) is 11.3. The normalized spacial score (nSPS) is 17.3. The van der Waals surface area contributed by atoms with Crippen LogP contribution in [-0.4, -0.2) is 34.3 Å². The smallest absolute Gasteiger partial charge is 0.250 e. The minimum absolute atomic E-state index is 0.0568. The summed E-state index contributed by atoms with van der Waals surface area (Å²) >= 11 is 12.4. The largest absolute Gasteiger partial charge is 0.467 e. The highest BCUT2D eigenvalue weighted by atomic mass is 35.5. The second-order valence-electron chi connectivity index (χ2n) is 8.28. The van der Waals surface area contributed by atoms with Gasteiger partial charge in [0.1, 0.15) is 18.4 Å². The zero-order valence-electron chi connectivity index (χ0n) is 19.4. The van der Waals surface area contributed by atoms with E-state index in [0.717, 1.165) is 22.8 Å². The number of aromatic nitrogens is 2.